The molecule has 3 heteroatoms. The first-order valence-electron chi connectivity index (χ1n) is 5.23. The van der Waals surface area contributed by atoms with E-state index in [9.17, 15) is 9.50 Å². The molecule has 0 spiro atoms. The molecule has 1 nitrogen and oxygen atoms in total. The van der Waals surface area contributed by atoms with Crippen LogP contribution in [0.3, 0.4) is 0 Å². The molecule has 1 N–H and O–H groups in total. The lowest BCUT2D eigenvalue weighted by atomic mass is 9.91. The highest BCUT2D eigenvalue weighted by Gasteiger charge is 2.21. The molecule has 0 saturated heterocycles. The third-order valence-corrected chi connectivity index (χ3v) is 3.09. The molecule has 1 unspecified atom stereocenters. The van der Waals surface area contributed by atoms with E-state index in [1.807, 2.05) is 13.8 Å². The highest BCUT2D eigenvalue weighted by Crippen LogP contribution is 2.31. The molecule has 1 atom stereocenters. The highest BCUT2D eigenvalue weighted by molar-refractivity contribution is 6.30. The van der Waals surface area contributed by atoms with Gasteiger partial charge in [0.1, 0.15) is 5.82 Å². The lowest BCUT2D eigenvalue weighted by Gasteiger charge is -2.21. The number of halogens is 2. The van der Waals surface area contributed by atoms with E-state index >= 15 is 0 Å². The number of rotatable bonds is 4. The minimum atomic E-state index is -0.765. The van der Waals surface area contributed by atoms with Gasteiger partial charge in [-0.05, 0) is 12.0 Å². The van der Waals surface area contributed by atoms with E-state index in [4.69, 9.17) is 11.6 Å². The number of aliphatic hydroxyl groups is 1. The highest BCUT2D eigenvalue weighted by atomic mass is 35.5. The summed E-state index contributed by atoms with van der Waals surface area (Å²) in [5, 5.41) is 10.1. The second kappa shape index (κ2) is 5.47. The molecule has 0 amide bonds. The Morgan fingerprint density at radius 2 is 1.93 bits per heavy atom. The molecule has 0 aliphatic rings. The summed E-state index contributed by atoms with van der Waals surface area (Å²) in [6.07, 6.45) is 0.881. The summed E-state index contributed by atoms with van der Waals surface area (Å²) < 4.78 is 13.6. The van der Waals surface area contributed by atoms with Gasteiger partial charge in [0.25, 0.3) is 0 Å². The van der Waals surface area contributed by atoms with Crippen molar-refractivity contribution in [1.29, 1.82) is 0 Å². The molecule has 1 aromatic rings. The molecule has 0 aliphatic carbocycles. The topological polar surface area (TPSA) is 20.2 Å². The van der Waals surface area contributed by atoms with Gasteiger partial charge in [-0.3, -0.25) is 0 Å². The molecule has 84 valence electrons. The summed E-state index contributed by atoms with van der Waals surface area (Å²) in [6, 6.07) is 4.73. The van der Waals surface area contributed by atoms with Crippen LogP contribution in [0.5, 0.6) is 0 Å². The average Bonchev–Trinajstić information content (AvgIpc) is 2.23. The van der Waals surface area contributed by atoms with Gasteiger partial charge in [-0.1, -0.05) is 50.4 Å². The predicted molar refractivity (Wildman–Crippen MR) is 60.4 cm³/mol. The first kappa shape index (κ1) is 12.5. The van der Waals surface area contributed by atoms with E-state index in [-0.39, 0.29) is 10.9 Å². The van der Waals surface area contributed by atoms with Gasteiger partial charge in [0.05, 0.1) is 11.1 Å². The Morgan fingerprint density at radius 3 is 2.47 bits per heavy atom. The quantitative estimate of drug-likeness (QED) is 0.831. The molecular formula is C12H16ClFO. The zero-order chi connectivity index (χ0) is 11.4. The first-order chi connectivity index (χ1) is 7.11. The van der Waals surface area contributed by atoms with E-state index < -0.39 is 11.9 Å². The van der Waals surface area contributed by atoms with Crippen molar-refractivity contribution in [2.75, 3.05) is 0 Å². The fourth-order valence-electron chi connectivity index (χ4n) is 1.74. The Labute approximate surface area is 94.9 Å². The Bertz CT molecular complexity index is 323. The molecule has 0 aromatic heterocycles. The Hall–Kier alpha value is -0.600. The van der Waals surface area contributed by atoms with Crippen LogP contribution in [0.4, 0.5) is 4.39 Å². The Kier molecular flexibility index (Phi) is 4.55. The maximum atomic E-state index is 13.6. The standard InChI is InChI=1S/C12H16ClFO/c1-3-8(4-2)12(15)9-6-5-7-10(13)11(9)14/h5-8,12,15H,3-4H2,1-2H3. The molecule has 0 aliphatic heterocycles. The predicted octanol–water partition coefficient (Wildman–Crippen LogP) is 3.95. The Balaban J connectivity index is 2.99. The SMILES string of the molecule is CCC(CC)C(O)c1cccc(Cl)c1F. The van der Waals surface area contributed by atoms with Crippen molar-refractivity contribution in [3.05, 3.63) is 34.6 Å². The zero-order valence-corrected chi connectivity index (χ0v) is 9.76. The van der Waals surface area contributed by atoms with Crippen LogP contribution >= 0.6 is 11.6 Å². The third-order valence-electron chi connectivity index (χ3n) is 2.80. The van der Waals surface area contributed by atoms with Crippen molar-refractivity contribution < 1.29 is 9.50 Å². The van der Waals surface area contributed by atoms with Crippen molar-refractivity contribution in [2.45, 2.75) is 32.8 Å². The molecule has 0 saturated carbocycles. The Morgan fingerprint density at radius 1 is 1.33 bits per heavy atom. The zero-order valence-electron chi connectivity index (χ0n) is 9.00. The monoisotopic (exact) mass is 230 g/mol. The summed E-state index contributed by atoms with van der Waals surface area (Å²) in [5.74, 6) is -0.420. The second-order valence-corrected chi connectivity index (χ2v) is 4.07. The minimum absolute atomic E-state index is 0.0671. The maximum Gasteiger partial charge on any atom is 0.147 e. The molecule has 1 rings (SSSR count). The van der Waals surface area contributed by atoms with Crippen LogP contribution in [-0.2, 0) is 0 Å². The summed E-state index contributed by atoms with van der Waals surface area (Å²) in [6.45, 7) is 3.97. The van der Waals surface area contributed by atoms with Gasteiger partial charge in [0.2, 0.25) is 0 Å². The number of benzene rings is 1. The van der Waals surface area contributed by atoms with E-state index in [1.165, 1.54) is 6.07 Å². The third kappa shape index (κ3) is 2.70. The van der Waals surface area contributed by atoms with Gasteiger partial charge in [-0.2, -0.15) is 0 Å². The van der Waals surface area contributed by atoms with Crippen LogP contribution in [0.15, 0.2) is 18.2 Å². The van der Waals surface area contributed by atoms with Gasteiger partial charge >= 0.3 is 0 Å². The van der Waals surface area contributed by atoms with Crippen LogP contribution < -0.4 is 0 Å². The molecule has 0 radical (unpaired) electrons. The average molecular weight is 231 g/mol. The lowest BCUT2D eigenvalue weighted by Crippen LogP contribution is -2.12. The summed E-state index contributed by atoms with van der Waals surface area (Å²) in [5.41, 5.74) is 0.302. The number of hydrogen-bond donors (Lipinski definition) is 1. The van der Waals surface area contributed by atoms with Crippen molar-refractivity contribution >= 4 is 11.6 Å². The van der Waals surface area contributed by atoms with Gasteiger partial charge in [-0.15, -0.1) is 0 Å². The molecule has 0 bridgehead atoms. The summed E-state index contributed by atoms with van der Waals surface area (Å²) in [7, 11) is 0. The fraction of sp³-hybridized carbons (Fsp3) is 0.500. The van der Waals surface area contributed by atoms with Crippen molar-refractivity contribution in [3.63, 3.8) is 0 Å². The number of aliphatic hydroxyl groups excluding tert-OH is 1. The van der Waals surface area contributed by atoms with Crippen LogP contribution in [-0.4, -0.2) is 5.11 Å². The van der Waals surface area contributed by atoms with E-state index in [0.29, 0.717) is 5.56 Å². The van der Waals surface area contributed by atoms with Gasteiger partial charge in [0.15, 0.2) is 0 Å². The first-order valence-corrected chi connectivity index (χ1v) is 5.61. The number of hydrogen-bond acceptors (Lipinski definition) is 1. The largest absolute Gasteiger partial charge is 0.388 e. The van der Waals surface area contributed by atoms with Crippen LogP contribution in [0.2, 0.25) is 5.02 Å². The van der Waals surface area contributed by atoms with E-state index in [0.717, 1.165) is 12.8 Å². The molecule has 15 heavy (non-hydrogen) atoms. The smallest absolute Gasteiger partial charge is 0.147 e. The molecule has 1 aromatic carbocycles. The fourth-order valence-corrected chi connectivity index (χ4v) is 1.92. The van der Waals surface area contributed by atoms with Gasteiger partial charge in [-0.25, -0.2) is 4.39 Å². The lowest BCUT2D eigenvalue weighted by molar-refractivity contribution is 0.0996. The van der Waals surface area contributed by atoms with Crippen LogP contribution in [0, 0.1) is 11.7 Å². The van der Waals surface area contributed by atoms with Gasteiger partial charge < -0.3 is 5.11 Å². The van der Waals surface area contributed by atoms with Crippen LogP contribution in [0.25, 0.3) is 0 Å². The second-order valence-electron chi connectivity index (χ2n) is 3.66. The molecule has 0 fully saturated rings. The maximum absolute atomic E-state index is 13.6. The van der Waals surface area contributed by atoms with Crippen molar-refractivity contribution in [3.8, 4) is 0 Å². The van der Waals surface area contributed by atoms with Crippen LogP contribution in [0.1, 0.15) is 38.4 Å². The normalized spacial score (nSPS) is 13.2. The van der Waals surface area contributed by atoms with E-state index in [1.54, 1.807) is 12.1 Å². The summed E-state index contributed by atoms with van der Waals surface area (Å²) >= 11 is 5.66. The van der Waals surface area contributed by atoms with Gasteiger partial charge in [0, 0.05) is 5.56 Å². The minimum Gasteiger partial charge on any atom is -0.388 e. The molecule has 0 heterocycles. The van der Waals surface area contributed by atoms with Crippen molar-refractivity contribution in [1.82, 2.24) is 0 Å². The van der Waals surface area contributed by atoms with E-state index in [2.05, 4.69) is 0 Å². The van der Waals surface area contributed by atoms with Crippen molar-refractivity contribution in [2.24, 2.45) is 5.92 Å². The molecular weight excluding hydrogens is 215 g/mol. The summed E-state index contributed by atoms with van der Waals surface area (Å²) in [4.78, 5) is 0.